The van der Waals surface area contributed by atoms with E-state index in [1.165, 1.54) is 17.9 Å². The number of nitrogens with zero attached hydrogens (tertiary/aromatic N) is 2. The first-order valence-electron chi connectivity index (χ1n) is 11.2. The molecule has 1 aliphatic heterocycles. The summed E-state index contributed by atoms with van der Waals surface area (Å²) in [6, 6.07) is 15.8. The summed E-state index contributed by atoms with van der Waals surface area (Å²) in [6.45, 7) is 2.04. The molecule has 1 atom stereocenters. The summed E-state index contributed by atoms with van der Waals surface area (Å²) in [6.07, 6.45) is -4.43. The molecule has 2 aromatic carbocycles. The molecule has 10 heteroatoms. The summed E-state index contributed by atoms with van der Waals surface area (Å²) in [4.78, 5) is 30.5. The summed E-state index contributed by atoms with van der Waals surface area (Å²) in [7, 11) is 0. The van der Waals surface area contributed by atoms with Crippen molar-refractivity contribution in [1.82, 2.24) is 4.98 Å². The number of hydrogen-bond donors (Lipinski definition) is 0. The van der Waals surface area contributed by atoms with Gasteiger partial charge in [0.05, 0.1) is 0 Å². The fourth-order valence-corrected chi connectivity index (χ4v) is 3.74. The Balaban J connectivity index is 1.65. The zero-order valence-electron chi connectivity index (χ0n) is 19.3. The summed E-state index contributed by atoms with van der Waals surface area (Å²) < 4.78 is 55.2. The lowest BCUT2D eigenvalue weighted by Crippen LogP contribution is -2.38. The smallest absolute Gasteiger partial charge is 0.433 e. The average molecular weight is 500 g/mol. The second-order valence-corrected chi connectivity index (χ2v) is 8.02. The molecule has 0 spiro atoms. The molecule has 0 radical (unpaired) electrons. The van der Waals surface area contributed by atoms with Crippen molar-refractivity contribution in [3.63, 3.8) is 0 Å². The maximum absolute atomic E-state index is 13.8. The third-order valence-electron chi connectivity index (χ3n) is 5.45. The molecular weight excluding hydrogens is 477 g/mol. The normalized spacial score (nSPS) is 13.6. The van der Waals surface area contributed by atoms with Crippen molar-refractivity contribution in [3.05, 3.63) is 83.7 Å². The van der Waals surface area contributed by atoms with Gasteiger partial charge in [-0.05, 0) is 30.2 Å². The quantitative estimate of drug-likeness (QED) is 0.436. The number of pyridine rings is 1. The van der Waals surface area contributed by atoms with Gasteiger partial charge in [0.25, 0.3) is 5.91 Å². The van der Waals surface area contributed by atoms with E-state index in [2.05, 4.69) is 4.98 Å². The minimum absolute atomic E-state index is 0.0795. The van der Waals surface area contributed by atoms with E-state index < -0.39 is 29.9 Å². The lowest BCUT2D eigenvalue weighted by molar-refractivity contribution is -0.153. The van der Waals surface area contributed by atoms with Crippen molar-refractivity contribution in [2.24, 2.45) is 0 Å². The SMILES string of the molecule is CC(=O)O[C@H](C(=O)N(CCc1ccc(C(F)(F)F)nc1)c1ccc2c(c1)OCCO2)c1ccccc1. The lowest BCUT2D eigenvalue weighted by atomic mass is 10.1. The van der Waals surface area contributed by atoms with Gasteiger partial charge in [-0.3, -0.25) is 14.6 Å². The van der Waals surface area contributed by atoms with Crippen LogP contribution in [0.25, 0.3) is 0 Å². The molecule has 1 aromatic heterocycles. The van der Waals surface area contributed by atoms with Crippen LogP contribution < -0.4 is 14.4 Å². The van der Waals surface area contributed by atoms with Crippen LogP contribution in [-0.4, -0.2) is 36.6 Å². The number of ether oxygens (including phenoxy) is 3. The first-order valence-corrected chi connectivity index (χ1v) is 11.2. The van der Waals surface area contributed by atoms with E-state index in [4.69, 9.17) is 14.2 Å². The number of carbonyl (C=O) groups excluding carboxylic acids is 2. The Morgan fingerprint density at radius 3 is 2.39 bits per heavy atom. The number of anilines is 1. The van der Waals surface area contributed by atoms with E-state index >= 15 is 0 Å². The molecule has 4 rings (SSSR count). The van der Waals surface area contributed by atoms with Crippen LogP contribution in [0.3, 0.4) is 0 Å². The van der Waals surface area contributed by atoms with Gasteiger partial charge in [0.2, 0.25) is 6.10 Å². The zero-order valence-corrected chi connectivity index (χ0v) is 19.3. The van der Waals surface area contributed by atoms with Crippen LogP contribution in [0.2, 0.25) is 0 Å². The Bertz CT molecular complexity index is 1220. The number of aromatic nitrogens is 1. The number of rotatable bonds is 7. The highest BCUT2D eigenvalue weighted by atomic mass is 19.4. The zero-order chi connectivity index (χ0) is 25.7. The second kappa shape index (κ2) is 10.7. The molecule has 0 saturated carbocycles. The minimum Gasteiger partial charge on any atom is -0.486 e. The molecule has 0 aliphatic carbocycles. The number of fused-ring (bicyclic) bond motifs is 1. The maximum Gasteiger partial charge on any atom is 0.433 e. The molecule has 0 bridgehead atoms. The third kappa shape index (κ3) is 5.94. The number of benzene rings is 2. The molecule has 0 fully saturated rings. The van der Waals surface area contributed by atoms with E-state index in [-0.39, 0.29) is 13.0 Å². The number of hydrogen-bond acceptors (Lipinski definition) is 6. The third-order valence-corrected chi connectivity index (χ3v) is 5.45. The molecule has 7 nitrogen and oxygen atoms in total. The highest BCUT2D eigenvalue weighted by Crippen LogP contribution is 2.35. The molecular formula is C26H23F3N2O5. The van der Waals surface area contributed by atoms with Gasteiger partial charge in [-0.15, -0.1) is 0 Å². The molecule has 36 heavy (non-hydrogen) atoms. The topological polar surface area (TPSA) is 78.0 Å². The summed E-state index contributed by atoms with van der Waals surface area (Å²) in [5.41, 5.74) is 0.445. The highest BCUT2D eigenvalue weighted by Gasteiger charge is 2.33. The Labute approximate surface area is 205 Å². The number of esters is 1. The molecule has 188 valence electrons. The van der Waals surface area contributed by atoms with E-state index in [9.17, 15) is 22.8 Å². The Morgan fingerprint density at radius 2 is 1.75 bits per heavy atom. The molecule has 0 unspecified atom stereocenters. The summed E-state index contributed by atoms with van der Waals surface area (Å²) in [5, 5.41) is 0. The molecule has 1 amide bonds. The lowest BCUT2D eigenvalue weighted by Gasteiger charge is -2.29. The first kappa shape index (κ1) is 25.0. The van der Waals surface area contributed by atoms with Crippen LogP contribution in [-0.2, 0) is 26.9 Å². The molecule has 2 heterocycles. The van der Waals surface area contributed by atoms with Gasteiger partial charge in [-0.2, -0.15) is 13.2 Å². The predicted molar refractivity (Wildman–Crippen MR) is 124 cm³/mol. The standard InChI is InChI=1S/C26H23F3N2O5/c1-17(32)36-24(19-5-3-2-4-6-19)25(33)31(20-8-9-21-22(15-20)35-14-13-34-21)12-11-18-7-10-23(30-16-18)26(27,28)29/h2-10,15-16,24H,11-14H2,1H3/t24-/m0/s1. The van der Waals surface area contributed by atoms with E-state index in [0.29, 0.717) is 41.5 Å². The number of carbonyl (C=O) groups is 2. The van der Waals surface area contributed by atoms with Crippen LogP contribution in [0.1, 0.15) is 29.8 Å². The van der Waals surface area contributed by atoms with Crippen LogP contribution >= 0.6 is 0 Å². The van der Waals surface area contributed by atoms with Crippen LogP contribution in [0.5, 0.6) is 11.5 Å². The van der Waals surface area contributed by atoms with Crippen molar-refractivity contribution in [2.45, 2.75) is 25.6 Å². The summed E-state index contributed by atoms with van der Waals surface area (Å²) >= 11 is 0. The predicted octanol–water partition coefficient (Wildman–Crippen LogP) is 4.75. The van der Waals surface area contributed by atoms with Crippen molar-refractivity contribution < 1.29 is 37.0 Å². The largest absolute Gasteiger partial charge is 0.486 e. The number of alkyl halides is 3. The summed E-state index contributed by atoms with van der Waals surface area (Å²) in [5.74, 6) is -0.167. The van der Waals surface area contributed by atoms with Gasteiger partial charge in [0.1, 0.15) is 18.9 Å². The minimum atomic E-state index is -4.54. The van der Waals surface area contributed by atoms with Crippen molar-refractivity contribution >= 4 is 17.6 Å². The molecule has 3 aromatic rings. The number of halogens is 3. The van der Waals surface area contributed by atoms with Gasteiger partial charge in [-0.25, -0.2) is 0 Å². The van der Waals surface area contributed by atoms with Gasteiger partial charge < -0.3 is 19.1 Å². The molecule has 1 aliphatic rings. The van der Waals surface area contributed by atoms with E-state index in [0.717, 1.165) is 12.3 Å². The van der Waals surface area contributed by atoms with Crippen molar-refractivity contribution in [1.29, 1.82) is 0 Å². The van der Waals surface area contributed by atoms with Crippen LogP contribution in [0.4, 0.5) is 18.9 Å². The van der Waals surface area contributed by atoms with E-state index in [1.807, 2.05) is 0 Å². The van der Waals surface area contributed by atoms with Crippen LogP contribution in [0.15, 0.2) is 66.9 Å². The monoisotopic (exact) mass is 500 g/mol. The highest BCUT2D eigenvalue weighted by molar-refractivity contribution is 5.98. The Kier molecular flexibility index (Phi) is 7.42. The average Bonchev–Trinajstić information content (AvgIpc) is 2.87. The van der Waals surface area contributed by atoms with Gasteiger partial charge in [0.15, 0.2) is 11.5 Å². The first-order chi connectivity index (χ1) is 17.2. The van der Waals surface area contributed by atoms with Crippen molar-refractivity contribution in [3.8, 4) is 11.5 Å². The van der Waals surface area contributed by atoms with Crippen LogP contribution in [0, 0.1) is 0 Å². The van der Waals surface area contributed by atoms with E-state index in [1.54, 1.807) is 48.5 Å². The number of amides is 1. The maximum atomic E-state index is 13.8. The van der Waals surface area contributed by atoms with Gasteiger partial charge in [-0.1, -0.05) is 36.4 Å². The Morgan fingerprint density at radius 1 is 1.03 bits per heavy atom. The van der Waals surface area contributed by atoms with Gasteiger partial charge >= 0.3 is 12.1 Å². The van der Waals surface area contributed by atoms with Crippen molar-refractivity contribution in [2.75, 3.05) is 24.7 Å². The second-order valence-electron chi connectivity index (χ2n) is 8.02. The fourth-order valence-electron chi connectivity index (χ4n) is 3.74. The Hall–Kier alpha value is -4.08. The molecule has 0 N–H and O–H groups in total. The fraction of sp³-hybridized carbons (Fsp3) is 0.269. The molecule has 0 saturated heterocycles. The van der Waals surface area contributed by atoms with Gasteiger partial charge in [0, 0.05) is 37.0 Å².